The van der Waals surface area contributed by atoms with Crippen molar-refractivity contribution in [3.05, 3.63) is 102 Å². The van der Waals surface area contributed by atoms with Crippen LogP contribution >= 0.6 is 0 Å². The van der Waals surface area contributed by atoms with Crippen molar-refractivity contribution < 1.29 is 19.1 Å². The maximum atomic E-state index is 12.3. The number of rotatable bonds is 7. The van der Waals surface area contributed by atoms with Gasteiger partial charge in [0.1, 0.15) is 5.75 Å². The van der Waals surface area contributed by atoms with Crippen LogP contribution in [-0.2, 0) is 16.1 Å². The van der Waals surface area contributed by atoms with Crippen molar-refractivity contribution in [1.82, 2.24) is 0 Å². The monoisotopic (exact) mass is 415 g/mol. The Balaban J connectivity index is 1.81. The Kier molecular flexibility index (Phi) is 6.88. The number of hydrogen-bond acceptors (Lipinski definition) is 4. The summed E-state index contributed by atoms with van der Waals surface area (Å²) in [6.07, 6.45) is 0. The molecule has 5 heteroatoms. The molecule has 0 fully saturated rings. The van der Waals surface area contributed by atoms with Gasteiger partial charge in [-0.25, -0.2) is 4.79 Å². The molecule has 158 valence electrons. The minimum Gasteiger partial charge on any atom is -0.497 e. The van der Waals surface area contributed by atoms with Crippen molar-refractivity contribution in [2.24, 2.45) is 0 Å². The van der Waals surface area contributed by atoms with E-state index in [-0.39, 0.29) is 11.9 Å². The van der Waals surface area contributed by atoms with Gasteiger partial charge in [-0.3, -0.25) is 4.79 Å². The van der Waals surface area contributed by atoms with Crippen molar-refractivity contribution in [2.75, 3.05) is 19.1 Å². The van der Waals surface area contributed by atoms with Gasteiger partial charge in [0, 0.05) is 12.6 Å². The van der Waals surface area contributed by atoms with E-state index in [0.29, 0.717) is 12.1 Å². The quantitative estimate of drug-likeness (QED) is 0.504. The van der Waals surface area contributed by atoms with Crippen molar-refractivity contribution in [1.29, 1.82) is 0 Å². The van der Waals surface area contributed by atoms with Gasteiger partial charge in [0.15, 0.2) is 0 Å². The molecule has 3 aromatic carbocycles. The summed E-state index contributed by atoms with van der Waals surface area (Å²) in [6.45, 7) is 6.20. The summed E-state index contributed by atoms with van der Waals surface area (Å²) in [4.78, 5) is 25.6. The van der Waals surface area contributed by atoms with Gasteiger partial charge in [-0.15, -0.1) is 0 Å². The predicted molar refractivity (Wildman–Crippen MR) is 122 cm³/mol. The van der Waals surface area contributed by atoms with Crippen molar-refractivity contribution >= 4 is 23.1 Å². The van der Waals surface area contributed by atoms with Gasteiger partial charge < -0.3 is 14.4 Å². The van der Waals surface area contributed by atoms with E-state index in [9.17, 15) is 9.59 Å². The molecule has 0 bridgehead atoms. The number of hydrogen-bond donors (Lipinski definition) is 0. The third-order valence-corrected chi connectivity index (χ3v) is 5.03. The molecule has 0 N–H and O–H groups in total. The molecule has 0 saturated heterocycles. The molecule has 0 radical (unpaired) electrons. The van der Waals surface area contributed by atoms with Crippen LogP contribution in [-0.4, -0.2) is 26.1 Å². The summed E-state index contributed by atoms with van der Waals surface area (Å²) in [5.41, 5.74) is 4.96. The minimum atomic E-state index is -0.373. The largest absolute Gasteiger partial charge is 0.497 e. The standard InChI is InChI=1S/C26H25NO4/c1-18(21-8-10-22(11-9-21)26(29)31-4)23-7-5-6-20(16-23)17-27(19(2)28)24-12-14-25(30-3)15-13-24/h5-16H,1,17H2,2-4H3. The second-order valence-corrected chi connectivity index (χ2v) is 7.05. The number of ether oxygens (including phenoxy) is 2. The molecule has 0 saturated carbocycles. The lowest BCUT2D eigenvalue weighted by Crippen LogP contribution is -2.27. The molecule has 5 nitrogen and oxygen atoms in total. The summed E-state index contributed by atoms with van der Waals surface area (Å²) >= 11 is 0. The lowest BCUT2D eigenvalue weighted by atomic mass is 9.97. The first-order valence-electron chi connectivity index (χ1n) is 9.82. The highest BCUT2D eigenvalue weighted by molar-refractivity contribution is 5.92. The molecule has 0 aliphatic carbocycles. The number of amides is 1. The van der Waals surface area contributed by atoms with Crippen molar-refractivity contribution in [3.63, 3.8) is 0 Å². The van der Waals surface area contributed by atoms with Crippen LogP contribution in [0.15, 0.2) is 79.4 Å². The van der Waals surface area contributed by atoms with E-state index in [1.54, 1.807) is 31.1 Å². The summed E-state index contributed by atoms with van der Waals surface area (Å²) in [5, 5.41) is 0. The van der Waals surface area contributed by atoms with E-state index >= 15 is 0 Å². The predicted octanol–water partition coefficient (Wildman–Crippen LogP) is 5.10. The molecule has 0 aliphatic rings. The number of esters is 1. The Bertz CT molecular complexity index is 1090. The van der Waals surface area contributed by atoms with Gasteiger partial charge in [-0.2, -0.15) is 0 Å². The van der Waals surface area contributed by atoms with E-state index < -0.39 is 0 Å². The number of nitrogens with zero attached hydrogens (tertiary/aromatic N) is 1. The average Bonchev–Trinajstić information content (AvgIpc) is 2.81. The zero-order valence-corrected chi connectivity index (χ0v) is 17.9. The smallest absolute Gasteiger partial charge is 0.337 e. The highest BCUT2D eigenvalue weighted by Gasteiger charge is 2.13. The fourth-order valence-electron chi connectivity index (χ4n) is 3.28. The summed E-state index contributed by atoms with van der Waals surface area (Å²) in [5.74, 6) is 0.318. The van der Waals surface area contributed by atoms with E-state index in [1.165, 1.54) is 7.11 Å². The molecule has 3 rings (SSSR count). The van der Waals surface area contributed by atoms with Crippen LogP contribution in [0.4, 0.5) is 5.69 Å². The minimum absolute atomic E-state index is 0.0483. The lowest BCUT2D eigenvalue weighted by Gasteiger charge is -2.22. The molecular weight excluding hydrogens is 390 g/mol. The molecule has 0 atom stereocenters. The fraction of sp³-hybridized carbons (Fsp3) is 0.154. The topological polar surface area (TPSA) is 55.8 Å². The van der Waals surface area contributed by atoms with Gasteiger partial charge in [-0.05, 0) is 64.7 Å². The second-order valence-electron chi connectivity index (χ2n) is 7.05. The first-order chi connectivity index (χ1) is 14.9. The number of methoxy groups -OCH3 is 2. The van der Waals surface area contributed by atoms with Crippen molar-refractivity contribution in [3.8, 4) is 5.75 Å². The molecule has 0 aliphatic heterocycles. The second kappa shape index (κ2) is 9.76. The summed E-state index contributed by atoms with van der Waals surface area (Å²) < 4.78 is 9.94. The molecule has 0 aromatic heterocycles. The average molecular weight is 415 g/mol. The van der Waals surface area contributed by atoms with Gasteiger partial charge in [0.25, 0.3) is 0 Å². The number of carbonyl (C=O) groups excluding carboxylic acids is 2. The highest BCUT2D eigenvalue weighted by Crippen LogP contribution is 2.25. The van der Waals surface area contributed by atoms with E-state index in [4.69, 9.17) is 9.47 Å². The highest BCUT2D eigenvalue weighted by atomic mass is 16.5. The van der Waals surface area contributed by atoms with Crippen LogP contribution in [0.2, 0.25) is 0 Å². The van der Waals surface area contributed by atoms with Gasteiger partial charge >= 0.3 is 5.97 Å². The number of carbonyl (C=O) groups is 2. The molecule has 3 aromatic rings. The van der Waals surface area contributed by atoms with Gasteiger partial charge in [0.2, 0.25) is 5.91 Å². The molecular formula is C26H25NO4. The van der Waals surface area contributed by atoms with E-state index in [2.05, 4.69) is 6.58 Å². The van der Waals surface area contributed by atoms with Gasteiger partial charge in [-0.1, -0.05) is 36.9 Å². The van der Waals surface area contributed by atoms with Crippen LogP contribution in [0.3, 0.4) is 0 Å². The van der Waals surface area contributed by atoms with E-state index in [0.717, 1.165) is 33.7 Å². The zero-order valence-electron chi connectivity index (χ0n) is 17.9. The van der Waals surface area contributed by atoms with Crippen LogP contribution in [0, 0.1) is 0 Å². The van der Waals surface area contributed by atoms with Crippen LogP contribution < -0.4 is 9.64 Å². The first-order valence-corrected chi connectivity index (χ1v) is 9.82. The molecule has 0 heterocycles. The Morgan fingerprint density at radius 1 is 0.871 bits per heavy atom. The van der Waals surface area contributed by atoms with Crippen molar-refractivity contribution in [2.45, 2.75) is 13.5 Å². The third-order valence-electron chi connectivity index (χ3n) is 5.03. The first kappa shape index (κ1) is 21.8. The summed E-state index contributed by atoms with van der Waals surface area (Å²) in [6, 6.07) is 22.5. The normalized spacial score (nSPS) is 10.3. The Labute approximate surface area is 182 Å². The maximum absolute atomic E-state index is 12.3. The van der Waals surface area contributed by atoms with Crippen LogP contribution in [0.1, 0.15) is 34.0 Å². The maximum Gasteiger partial charge on any atom is 0.337 e. The summed E-state index contributed by atoms with van der Waals surface area (Å²) in [7, 11) is 2.97. The number of benzene rings is 3. The van der Waals surface area contributed by atoms with Crippen LogP contribution in [0.5, 0.6) is 5.75 Å². The van der Waals surface area contributed by atoms with E-state index in [1.807, 2.05) is 60.7 Å². The molecule has 1 amide bonds. The molecule has 31 heavy (non-hydrogen) atoms. The molecule has 0 unspecified atom stereocenters. The number of anilines is 1. The van der Waals surface area contributed by atoms with Gasteiger partial charge in [0.05, 0.1) is 26.3 Å². The Morgan fingerprint density at radius 2 is 1.52 bits per heavy atom. The Morgan fingerprint density at radius 3 is 2.10 bits per heavy atom. The third kappa shape index (κ3) is 5.20. The lowest BCUT2D eigenvalue weighted by molar-refractivity contribution is -0.116. The Hall–Kier alpha value is -3.86. The SMILES string of the molecule is C=C(c1ccc(C(=O)OC)cc1)c1cccc(CN(C(C)=O)c2ccc(OC)cc2)c1. The zero-order chi connectivity index (χ0) is 22.4. The fourth-order valence-corrected chi connectivity index (χ4v) is 3.28. The van der Waals surface area contributed by atoms with Crippen LogP contribution in [0.25, 0.3) is 5.57 Å². The molecule has 0 spiro atoms.